The van der Waals surface area contributed by atoms with Crippen LogP contribution in [0.2, 0.25) is 0 Å². The van der Waals surface area contributed by atoms with Crippen molar-refractivity contribution in [3.8, 4) is 0 Å². The fourth-order valence-corrected chi connectivity index (χ4v) is 2.16. The number of nitrogens with one attached hydrogen (secondary N) is 1. The average Bonchev–Trinajstić information content (AvgIpc) is 2.43. The lowest BCUT2D eigenvalue weighted by Crippen LogP contribution is -2.52. The zero-order chi connectivity index (χ0) is 14.0. The SMILES string of the molecule is CC1(C)NC(=O)CCN(Cc2ccc(F)cc2)C1=O. The maximum Gasteiger partial charge on any atom is 0.248 e. The minimum atomic E-state index is -0.895. The highest BCUT2D eigenvalue weighted by atomic mass is 19.1. The second-order valence-corrected chi connectivity index (χ2v) is 5.28. The molecule has 1 fully saturated rings. The summed E-state index contributed by atoms with van der Waals surface area (Å²) in [5, 5.41) is 2.70. The lowest BCUT2D eigenvalue weighted by atomic mass is 10.0. The van der Waals surface area contributed by atoms with Crippen LogP contribution in [0.15, 0.2) is 24.3 Å². The third kappa shape index (κ3) is 3.10. The van der Waals surface area contributed by atoms with Crippen molar-refractivity contribution in [2.24, 2.45) is 0 Å². The molecule has 102 valence electrons. The van der Waals surface area contributed by atoms with Crippen molar-refractivity contribution >= 4 is 11.8 Å². The van der Waals surface area contributed by atoms with Gasteiger partial charge in [0, 0.05) is 19.5 Å². The van der Waals surface area contributed by atoms with Gasteiger partial charge in [-0.25, -0.2) is 4.39 Å². The van der Waals surface area contributed by atoms with Gasteiger partial charge in [-0.3, -0.25) is 9.59 Å². The van der Waals surface area contributed by atoms with Gasteiger partial charge in [-0.2, -0.15) is 0 Å². The van der Waals surface area contributed by atoms with Crippen molar-refractivity contribution in [3.63, 3.8) is 0 Å². The van der Waals surface area contributed by atoms with E-state index in [1.54, 1.807) is 30.9 Å². The van der Waals surface area contributed by atoms with E-state index in [2.05, 4.69) is 5.32 Å². The molecule has 0 atom stereocenters. The van der Waals surface area contributed by atoms with Crippen molar-refractivity contribution < 1.29 is 14.0 Å². The van der Waals surface area contributed by atoms with E-state index in [9.17, 15) is 14.0 Å². The number of carbonyl (C=O) groups excluding carboxylic acids is 2. The molecule has 19 heavy (non-hydrogen) atoms. The number of amides is 2. The van der Waals surface area contributed by atoms with Gasteiger partial charge in [-0.05, 0) is 31.5 Å². The van der Waals surface area contributed by atoms with Gasteiger partial charge in [0.15, 0.2) is 0 Å². The third-order valence-corrected chi connectivity index (χ3v) is 3.17. The molecule has 1 aliphatic heterocycles. The lowest BCUT2D eigenvalue weighted by Gasteiger charge is -2.28. The number of nitrogens with zero attached hydrogens (tertiary/aromatic N) is 1. The largest absolute Gasteiger partial charge is 0.342 e. The highest BCUT2D eigenvalue weighted by Crippen LogP contribution is 2.16. The average molecular weight is 264 g/mol. The van der Waals surface area contributed by atoms with Gasteiger partial charge in [0.25, 0.3) is 0 Å². The topological polar surface area (TPSA) is 49.4 Å². The van der Waals surface area contributed by atoms with Gasteiger partial charge in [0.05, 0.1) is 0 Å². The predicted octanol–water partition coefficient (Wildman–Crippen LogP) is 1.45. The first-order chi connectivity index (χ1) is 8.88. The molecule has 5 heteroatoms. The summed E-state index contributed by atoms with van der Waals surface area (Å²) < 4.78 is 12.8. The molecule has 1 aromatic carbocycles. The number of carbonyl (C=O) groups is 2. The van der Waals surface area contributed by atoms with E-state index < -0.39 is 5.54 Å². The molecule has 1 saturated heterocycles. The Labute approximate surface area is 111 Å². The van der Waals surface area contributed by atoms with Crippen LogP contribution in [-0.2, 0) is 16.1 Å². The summed E-state index contributed by atoms with van der Waals surface area (Å²) in [4.78, 5) is 25.5. The van der Waals surface area contributed by atoms with Gasteiger partial charge in [0.1, 0.15) is 11.4 Å². The van der Waals surface area contributed by atoms with Gasteiger partial charge in [-0.1, -0.05) is 12.1 Å². The van der Waals surface area contributed by atoms with Crippen LogP contribution < -0.4 is 5.32 Å². The lowest BCUT2D eigenvalue weighted by molar-refractivity contribution is -0.137. The van der Waals surface area contributed by atoms with Crippen molar-refractivity contribution in [2.45, 2.75) is 32.4 Å². The molecule has 1 heterocycles. The van der Waals surface area contributed by atoms with E-state index in [0.717, 1.165) is 5.56 Å². The molecule has 1 aliphatic rings. The summed E-state index contributed by atoms with van der Waals surface area (Å²) in [6.45, 7) is 4.15. The predicted molar refractivity (Wildman–Crippen MR) is 68.7 cm³/mol. The number of hydrogen-bond donors (Lipinski definition) is 1. The van der Waals surface area contributed by atoms with Crippen molar-refractivity contribution in [3.05, 3.63) is 35.6 Å². The van der Waals surface area contributed by atoms with Crippen LogP contribution in [0.3, 0.4) is 0 Å². The fraction of sp³-hybridized carbons (Fsp3) is 0.429. The smallest absolute Gasteiger partial charge is 0.248 e. The van der Waals surface area contributed by atoms with E-state index in [1.165, 1.54) is 12.1 Å². The Morgan fingerprint density at radius 3 is 2.53 bits per heavy atom. The van der Waals surface area contributed by atoms with E-state index in [-0.39, 0.29) is 24.1 Å². The van der Waals surface area contributed by atoms with E-state index in [0.29, 0.717) is 13.1 Å². The first-order valence-electron chi connectivity index (χ1n) is 6.23. The Balaban J connectivity index is 2.16. The maximum absolute atomic E-state index is 12.8. The third-order valence-electron chi connectivity index (χ3n) is 3.17. The van der Waals surface area contributed by atoms with E-state index in [4.69, 9.17) is 0 Å². The molecule has 2 rings (SSSR count). The quantitative estimate of drug-likeness (QED) is 0.879. The van der Waals surface area contributed by atoms with Crippen LogP contribution in [0.1, 0.15) is 25.8 Å². The number of hydrogen-bond acceptors (Lipinski definition) is 2. The van der Waals surface area contributed by atoms with Gasteiger partial charge in [-0.15, -0.1) is 0 Å². The van der Waals surface area contributed by atoms with Crippen LogP contribution in [-0.4, -0.2) is 28.8 Å². The summed E-state index contributed by atoms with van der Waals surface area (Å²) in [5.41, 5.74) is -0.0481. The molecule has 0 spiro atoms. The fourth-order valence-electron chi connectivity index (χ4n) is 2.16. The molecule has 1 aromatic rings. The normalized spacial score (nSPS) is 19.0. The molecule has 4 nitrogen and oxygen atoms in total. The van der Waals surface area contributed by atoms with Crippen LogP contribution in [0.5, 0.6) is 0 Å². The van der Waals surface area contributed by atoms with Crippen LogP contribution in [0.4, 0.5) is 4.39 Å². The zero-order valence-corrected chi connectivity index (χ0v) is 11.1. The Morgan fingerprint density at radius 1 is 1.26 bits per heavy atom. The standard InChI is InChI=1S/C14H17FN2O2/c1-14(2)13(19)17(8-7-12(18)16-14)9-10-3-5-11(15)6-4-10/h3-6H,7-9H2,1-2H3,(H,16,18). The second-order valence-electron chi connectivity index (χ2n) is 5.28. The molecule has 1 N–H and O–H groups in total. The Bertz CT molecular complexity index is 497. The molecular formula is C14H17FN2O2. The molecule has 0 unspecified atom stereocenters. The van der Waals surface area contributed by atoms with Crippen LogP contribution >= 0.6 is 0 Å². The first-order valence-corrected chi connectivity index (χ1v) is 6.23. The zero-order valence-electron chi connectivity index (χ0n) is 11.1. The second kappa shape index (κ2) is 4.99. The van der Waals surface area contributed by atoms with Crippen LogP contribution in [0, 0.1) is 5.82 Å². The molecule has 0 bridgehead atoms. The Hall–Kier alpha value is -1.91. The van der Waals surface area contributed by atoms with Gasteiger partial charge < -0.3 is 10.2 Å². The van der Waals surface area contributed by atoms with Gasteiger partial charge in [0.2, 0.25) is 11.8 Å². The van der Waals surface area contributed by atoms with E-state index >= 15 is 0 Å². The molecule has 2 amide bonds. The minimum Gasteiger partial charge on any atom is -0.342 e. The summed E-state index contributed by atoms with van der Waals surface area (Å²) in [6.07, 6.45) is 0.288. The summed E-state index contributed by atoms with van der Waals surface area (Å²) >= 11 is 0. The number of halogens is 1. The first kappa shape index (κ1) is 13.5. The summed E-state index contributed by atoms with van der Waals surface area (Å²) in [7, 11) is 0. The minimum absolute atomic E-state index is 0.123. The Morgan fingerprint density at radius 2 is 1.89 bits per heavy atom. The molecule has 0 radical (unpaired) electrons. The summed E-state index contributed by atoms with van der Waals surface area (Å²) in [5.74, 6) is -0.550. The van der Waals surface area contributed by atoms with Crippen molar-refractivity contribution in [1.82, 2.24) is 10.2 Å². The molecule has 0 saturated carbocycles. The summed E-state index contributed by atoms with van der Waals surface area (Å²) in [6, 6.07) is 6.03. The number of rotatable bonds is 2. The van der Waals surface area contributed by atoms with E-state index in [1.807, 2.05) is 0 Å². The highest BCUT2D eigenvalue weighted by molar-refractivity contribution is 5.92. The van der Waals surface area contributed by atoms with Crippen molar-refractivity contribution in [1.29, 1.82) is 0 Å². The monoisotopic (exact) mass is 264 g/mol. The number of benzene rings is 1. The Kier molecular flexibility index (Phi) is 3.55. The molecular weight excluding hydrogens is 247 g/mol. The highest BCUT2D eigenvalue weighted by Gasteiger charge is 2.36. The molecule has 0 aliphatic carbocycles. The molecule has 0 aromatic heterocycles. The maximum atomic E-state index is 12.8. The van der Waals surface area contributed by atoms with Crippen LogP contribution in [0.25, 0.3) is 0 Å². The van der Waals surface area contributed by atoms with Gasteiger partial charge >= 0.3 is 0 Å². The van der Waals surface area contributed by atoms with Crippen molar-refractivity contribution in [2.75, 3.05) is 6.54 Å².